The molecule has 3 aromatic heterocycles. The van der Waals surface area contributed by atoms with Crippen molar-refractivity contribution < 1.29 is 32.6 Å². The summed E-state index contributed by atoms with van der Waals surface area (Å²) in [6.45, 7) is 19.6. The number of allylic oxidation sites excluding steroid dienone is 1. The van der Waals surface area contributed by atoms with Crippen LogP contribution in [0.1, 0.15) is 99.2 Å². The molecule has 1 amide bonds. The Bertz CT molecular complexity index is 3690. The summed E-state index contributed by atoms with van der Waals surface area (Å²) in [5.41, 5.74) is 15.2. The van der Waals surface area contributed by atoms with Gasteiger partial charge in [0.1, 0.15) is 53.8 Å². The number of cyclic esters (lactones) is 1. The average Bonchev–Trinajstić information content (AvgIpc) is 4.28. The number of esters is 1. The molecule has 1 aliphatic carbocycles. The third-order valence-electron chi connectivity index (χ3n) is 16.7. The lowest BCUT2D eigenvalue weighted by molar-refractivity contribution is -0.147. The zero-order chi connectivity index (χ0) is 56.7. The summed E-state index contributed by atoms with van der Waals surface area (Å²) in [6.07, 6.45) is 9.95. The Hall–Kier alpha value is -7.29. The highest BCUT2D eigenvalue weighted by Crippen LogP contribution is 2.45. The number of rotatable bonds is 13. The molecule has 2 aromatic carbocycles. The number of nitrogens with two attached hydrogens (primary N) is 1. The third-order valence-corrected chi connectivity index (χ3v) is 18.2. The highest BCUT2D eigenvalue weighted by molar-refractivity contribution is 7.78. The molecule has 0 bridgehead atoms. The second kappa shape index (κ2) is 23.1. The van der Waals surface area contributed by atoms with Crippen LogP contribution in [0.15, 0.2) is 60.7 Å². The fourth-order valence-corrected chi connectivity index (χ4v) is 13.9. The van der Waals surface area contributed by atoms with Gasteiger partial charge in [-0.1, -0.05) is 37.3 Å². The predicted octanol–water partition coefficient (Wildman–Crippen LogP) is 9.29. The summed E-state index contributed by atoms with van der Waals surface area (Å²) in [7, 11) is 0. The summed E-state index contributed by atoms with van der Waals surface area (Å²) >= 11 is 13.3. The number of anilines is 2. The van der Waals surface area contributed by atoms with E-state index >= 15 is 4.39 Å². The zero-order valence-electron chi connectivity index (χ0n) is 45.0. The Balaban J connectivity index is 0.00000356. The molecule has 11 rings (SSSR count). The van der Waals surface area contributed by atoms with E-state index in [-0.39, 0.29) is 109 Å². The quantitative estimate of drug-likeness (QED) is 0.0508. The number of nitriles is 2. The van der Waals surface area contributed by atoms with Crippen LogP contribution in [0.2, 0.25) is 5.02 Å². The van der Waals surface area contributed by atoms with E-state index in [0.717, 1.165) is 114 Å². The number of nitrogen functional groups attached to an aromatic ring is 1. The van der Waals surface area contributed by atoms with Crippen LogP contribution < -0.4 is 29.9 Å². The van der Waals surface area contributed by atoms with Crippen LogP contribution in [-0.4, -0.2) is 111 Å². The first-order valence-corrected chi connectivity index (χ1v) is 28.6. The van der Waals surface area contributed by atoms with Crippen molar-refractivity contribution in [3.05, 3.63) is 115 Å². The summed E-state index contributed by atoms with van der Waals surface area (Å²) in [4.78, 5) is 50.2. The maximum Gasteiger partial charge on any atom is 0.319 e. The first-order valence-electron chi connectivity index (χ1n) is 26.9. The summed E-state index contributed by atoms with van der Waals surface area (Å²) < 4.78 is 49.9. The highest BCUT2D eigenvalue weighted by atomic mass is 35.5. The molecule has 3 atom stereocenters. The average molecular weight is 1140 g/mol. The smallest absolute Gasteiger partial charge is 0.319 e. The minimum Gasteiger partial charge on any atom is -0.486 e. The summed E-state index contributed by atoms with van der Waals surface area (Å²) in [6, 6.07) is 8.95. The standard InChI is InChI=1S/C58H57ClF2N10O5S2.C2H4/c1-5-35-38(31(2)28-74-56(35)73)23-46-51-43(27-69(46)30-77)36-9-6-10-37-47(12-11-45(65-51)49(36)37)76-33(4)32(3)55(72)71-20-19-68(26-34(71)13-16-62)54-41-22-44(59)40(21-39-42(25-63)53(64)78-48(39)24-60)50(61)52(41)66-57(67-54)75-29-58-14-7-17-70(58)18-8-15-58;1-2/h11-12,21-24,30,33-35H,3,5-10,13-15,17-20,26-29,64H2,1-2,4H3;1-2H2/b39-21+,46-23-,48-24-;. The van der Waals surface area contributed by atoms with Crippen LogP contribution in [0.25, 0.3) is 39.9 Å². The van der Waals surface area contributed by atoms with E-state index in [9.17, 15) is 24.5 Å². The molecular weight excluding hydrogens is 1080 g/mol. The Labute approximate surface area is 477 Å². The van der Waals surface area contributed by atoms with Gasteiger partial charge in [-0.15, -0.1) is 24.5 Å². The second-order valence-electron chi connectivity index (χ2n) is 21.0. The van der Waals surface area contributed by atoms with Crippen molar-refractivity contribution >= 4 is 103 Å². The molecule has 3 unspecified atom stereocenters. The van der Waals surface area contributed by atoms with Crippen LogP contribution >= 0.6 is 35.2 Å². The van der Waals surface area contributed by atoms with Crippen molar-refractivity contribution in [2.45, 2.75) is 103 Å². The van der Waals surface area contributed by atoms with Gasteiger partial charge in [0, 0.05) is 57.9 Å². The van der Waals surface area contributed by atoms with E-state index in [1.165, 1.54) is 17.7 Å². The number of thiophene rings is 1. The van der Waals surface area contributed by atoms with E-state index in [4.69, 9.17) is 53.7 Å². The van der Waals surface area contributed by atoms with E-state index in [1.54, 1.807) is 17.3 Å². The Morgan fingerprint density at radius 1 is 1.10 bits per heavy atom. The Morgan fingerprint density at radius 3 is 2.58 bits per heavy atom. The molecule has 414 valence electrons. The number of ether oxygens (including phenoxy) is 3. The van der Waals surface area contributed by atoms with Crippen molar-refractivity contribution in [2.24, 2.45) is 5.92 Å². The number of pyridine rings is 1. The predicted molar refractivity (Wildman–Crippen MR) is 311 cm³/mol. The molecule has 80 heavy (non-hydrogen) atoms. The summed E-state index contributed by atoms with van der Waals surface area (Å²) in [5.74, 6) is -0.853. The van der Waals surface area contributed by atoms with Gasteiger partial charge in [-0.3, -0.25) is 14.5 Å². The van der Waals surface area contributed by atoms with E-state index < -0.39 is 18.0 Å². The highest BCUT2D eigenvalue weighted by Gasteiger charge is 2.45. The topological polar surface area (TPSA) is 187 Å². The number of piperazine rings is 1. The molecule has 3 fully saturated rings. The van der Waals surface area contributed by atoms with Gasteiger partial charge in [0.25, 0.3) is 5.91 Å². The lowest BCUT2D eigenvalue weighted by Crippen LogP contribution is -2.56. The molecule has 0 radical (unpaired) electrons. The van der Waals surface area contributed by atoms with Crippen molar-refractivity contribution in [3.63, 3.8) is 0 Å². The van der Waals surface area contributed by atoms with Gasteiger partial charge in [0.2, 0.25) is 0 Å². The number of benzene rings is 2. The van der Waals surface area contributed by atoms with Crippen molar-refractivity contribution in [1.82, 2.24) is 29.7 Å². The lowest BCUT2D eigenvalue weighted by Gasteiger charge is -2.42. The van der Waals surface area contributed by atoms with Gasteiger partial charge in [-0.05, 0) is 125 Å². The molecule has 6 aliphatic rings. The normalized spacial score (nSPS) is 20.8. The fraction of sp³-hybridized carbons (Fsp3) is 0.400. The van der Waals surface area contributed by atoms with E-state index in [0.29, 0.717) is 37.5 Å². The number of carbonyl (C=O) groups excluding carboxylic acids is 2. The number of hydrogen-bond donors (Lipinski definition) is 1. The molecule has 3 saturated heterocycles. The molecule has 15 nitrogen and oxygen atoms in total. The van der Waals surface area contributed by atoms with Crippen LogP contribution in [0.5, 0.6) is 11.8 Å². The van der Waals surface area contributed by atoms with Gasteiger partial charge in [-0.25, -0.2) is 13.8 Å². The molecule has 5 aromatic rings. The van der Waals surface area contributed by atoms with Gasteiger partial charge in [0.15, 0.2) is 5.82 Å². The van der Waals surface area contributed by atoms with Gasteiger partial charge < -0.3 is 34.6 Å². The lowest BCUT2D eigenvalue weighted by atomic mass is 9.86. The van der Waals surface area contributed by atoms with Crippen molar-refractivity contribution in [2.75, 3.05) is 56.6 Å². The van der Waals surface area contributed by atoms with Crippen LogP contribution in [0.3, 0.4) is 0 Å². The molecule has 0 saturated carbocycles. The maximum atomic E-state index is 17.2. The van der Waals surface area contributed by atoms with Crippen LogP contribution in [0.4, 0.5) is 19.6 Å². The number of aryl methyl sites for hydroxylation is 2. The number of hydrogen-bond acceptors (Lipinski definition) is 15. The molecule has 5 aliphatic heterocycles. The van der Waals surface area contributed by atoms with Gasteiger partial charge in [-0.2, -0.15) is 20.5 Å². The van der Waals surface area contributed by atoms with Crippen LogP contribution in [0, 0.1) is 34.4 Å². The largest absolute Gasteiger partial charge is 0.486 e. The number of carbonyl (C=O) groups is 2. The fourth-order valence-electron chi connectivity index (χ4n) is 12.6. The number of fused-ring (bicyclic) bond motifs is 4. The number of halogens is 3. The molecule has 0 spiro atoms. The van der Waals surface area contributed by atoms with Crippen molar-refractivity contribution in [1.29, 1.82) is 10.5 Å². The zero-order valence-corrected chi connectivity index (χ0v) is 47.4. The minimum absolute atomic E-state index is 0.00487. The Kier molecular flexibility index (Phi) is 16.1. The number of aromatic nitrogens is 3. The summed E-state index contributed by atoms with van der Waals surface area (Å²) in [5, 5.41) is 21.5. The van der Waals surface area contributed by atoms with E-state index in [1.807, 2.05) is 41.8 Å². The van der Waals surface area contributed by atoms with Crippen molar-refractivity contribution in [3.8, 4) is 23.9 Å². The molecule has 2 N–H and O–H groups in total. The number of amides is 1. The minimum atomic E-state index is -0.835. The second-order valence-corrected chi connectivity index (χ2v) is 22.7. The first-order chi connectivity index (χ1) is 38.7. The first kappa shape index (κ1) is 56.0. The van der Waals surface area contributed by atoms with Gasteiger partial charge >= 0.3 is 12.0 Å². The maximum absolute atomic E-state index is 17.2. The van der Waals surface area contributed by atoms with Gasteiger partial charge in [0.05, 0.1) is 74.1 Å². The molecular formula is C60H61ClF2N10O5S2. The molecule has 20 heteroatoms. The molecule has 8 heterocycles. The SMILES string of the molecule is C=C.C=C(C(=O)N1CCN(c2nc(OCC34CCCN3CCC4)nc3c(F)c(/C=c4\c(C#N)c(N)s\c4=C/F)c(Cl)cc23)CC1CC#N)C(C)Oc1ccc2nc3c(c4c2c1CCC4)CN(C=S)/C3=C\C1=C(C)COC(=O)C1CC. The number of thiocarbonyl (C=S) groups is 1. The van der Waals surface area contributed by atoms with Crippen LogP contribution in [-0.2, 0) is 33.7 Å². The van der Waals surface area contributed by atoms with E-state index in [2.05, 4.69) is 41.8 Å². The third kappa shape index (κ3) is 9.86. The Morgan fingerprint density at radius 2 is 1.86 bits per heavy atom. The monoisotopic (exact) mass is 1140 g/mol. The number of nitrogens with zero attached hydrogens (tertiary/aromatic N) is 9.